The molecule has 3 unspecified atom stereocenters. The molecule has 3 aliphatic heterocycles. The lowest BCUT2D eigenvalue weighted by Gasteiger charge is -2.19. The molecular weight excluding hydrogens is 702 g/mol. The van der Waals surface area contributed by atoms with Gasteiger partial charge in [0.05, 0.1) is 63.3 Å². The third kappa shape index (κ3) is 16.1. The molecule has 6 heterocycles. The van der Waals surface area contributed by atoms with Crippen LogP contribution < -0.4 is 11.1 Å². The van der Waals surface area contributed by atoms with E-state index in [4.69, 9.17) is 35.3 Å². The first-order chi connectivity index (χ1) is 26.6. The molecule has 0 radical (unpaired) electrons. The van der Waals surface area contributed by atoms with Crippen molar-refractivity contribution >= 4 is 5.82 Å². The number of hydrogen-bond donors (Lipinski definition) is 6. The maximum Gasteiger partial charge on any atom is 0.123 e. The summed E-state index contributed by atoms with van der Waals surface area (Å²) in [5.74, 6) is 1.88. The molecule has 0 bridgehead atoms. The number of likely N-dealkylation sites (N-methyl/N-ethyl adjacent to an activating group) is 3. The van der Waals surface area contributed by atoms with Crippen LogP contribution in [0.5, 0.6) is 0 Å². The molecule has 0 aliphatic carbocycles. The first-order valence-corrected chi connectivity index (χ1v) is 19.5. The maximum absolute atomic E-state index is 9.20. The van der Waals surface area contributed by atoms with Gasteiger partial charge in [-0.3, -0.25) is 19.8 Å². The van der Waals surface area contributed by atoms with E-state index in [1.807, 2.05) is 45.0 Å². The third-order valence-corrected chi connectivity index (χ3v) is 9.75. The number of hydrogen-bond acceptors (Lipinski definition) is 14. The summed E-state index contributed by atoms with van der Waals surface area (Å²) in [5, 5.41) is 37.9. The molecule has 55 heavy (non-hydrogen) atoms. The predicted molar refractivity (Wildman–Crippen MR) is 215 cm³/mol. The van der Waals surface area contributed by atoms with Crippen molar-refractivity contribution in [2.45, 2.75) is 70.6 Å². The monoisotopic (exact) mass is 770 g/mol. The van der Waals surface area contributed by atoms with E-state index in [0.29, 0.717) is 49.8 Å². The Hall–Kier alpha value is -3.15. The van der Waals surface area contributed by atoms with Crippen LogP contribution in [0.25, 0.3) is 0 Å². The number of aliphatic hydroxyl groups excluding tert-OH is 4. The van der Waals surface area contributed by atoms with Gasteiger partial charge in [0.25, 0.3) is 0 Å². The number of aromatic nitrogens is 3. The van der Waals surface area contributed by atoms with Gasteiger partial charge < -0.3 is 45.7 Å². The smallest absolute Gasteiger partial charge is 0.123 e. The average molecular weight is 770 g/mol. The van der Waals surface area contributed by atoms with Crippen molar-refractivity contribution in [3.05, 3.63) is 81.6 Å². The van der Waals surface area contributed by atoms with Crippen molar-refractivity contribution in [1.82, 2.24) is 30.1 Å². The number of aryl methyl sites for hydroxylation is 2. The SMILES string of the molecule is CN(CCO)Cc1nc(N)ccc1C1CCOC1.CNCCO.Cc1ccc(C2CCOC2)c(CN(C)CCO)n1.Cc1ccc(C2CCOC2)c(CO)n1. The van der Waals surface area contributed by atoms with Crippen LogP contribution in [-0.4, -0.2) is 145 Å². The van der Waals surface area contributed by atoms with Crippen LogP contribution in [0.3, 0.4) is 0 Å². The number of nitrogens with zero attached hydrogens (tertiary/aromatic N) is 5. The highest BCUT2D eigenvalue weighted by molar-refractivity contribution is 5.36. The predicted octanol–water partition coefficient (Wildman–Crippen LogP) is 2.49. The standard InChI is InChI=1S/C14H22N2O2.C13H21N3O2.C11H15NO2.C3H9NO/c1-11-3-4-13(12-5-8-18-10-12)14(15-11)9-16(2)6-7-17;1-16(5-6-17)8-12-11(2-3-13(14)15-12)10-4-7-18-9-10;1-8-2-3-10(11(6-13)12-8)9-4-5-14-7-9;1-4-2-3-5/h3-4,12,17H,5-10H2,1-2H3;2-3,10,17H,4-9H2,1H3,(H2,14,15);2-3,9,13H,4-7H2,1H3;4-5H,2-3H2,1H3. The fourth-order valence-corrected chi connectivity index (χ4v) is 6.73. The topological polar surface area (TPSA) is 192 Å². The second-order valence-corrected chi connectivity index (χ2v) is 14.3. The molecule has 14 nitrogen and oxygen atoms in total. The summed E-state index contributed by atoms with van der Waals surface area (Å²) >= 11 is 0. The Labute approximate surface area is 328 Å². The molecule has 6 rings (SSSR count). The summed E-state index contributed by atoms with van der Waals surface area (Å²) in [4.78, 5) is 17.6. The van der Waals surface area contributed by atoms with E-state index < -0.39 is 0 Å². The molecular formula is C41H67N7O7. The first kappa shape index (κ1) is 46.2. The molecule has 0 spiro atoms. The lowest BCUT2D eigenvalue weighted by atomic mass is 9.96. The van der Waals surface area contributed by atoms with Gasteiger partial charge in [-0.05, 0) is 89.1 Å². The zero-order chi connectivity index (χ0) is 40.0. The van der Waals surface area contributed by atoms with Gasteiger partial charge in [-0.25, -0.2) is 4.98 Å². The molecule has 0 saturated carbocycles. The Morgan fingerprint density at radius 2 is 1.05 bits per heavy atom. The van der Waals surface area contributed by atoms with Crippen molar-refractivity contribution in [2.75, 3.05) is 106 Å². The van der Waals surface area contributed by atoms with Gasteiger partial charge in [0.2, 0.25) is 0 Å². The Kier molecular flexibility index (Phi) is 21.8. The Bertz CT molecular complexity index is 1420. The number of nitrogen functional groups attached to an aromatic ring is 1. The second-order valence-electron chi connectivity index (χ2n) is 14.3. The van der Waals surface area contributed by atoms with E-state index in [1.165, 1.54) is 11.1 Å². The molecule has 3 fully saturated rings. The summed E-state index contributed by atoms with van der Waals surface area (Å²) in [6, 6.07) is 12.2. The molecule has 14 heteroatoms. The largest absolute Gasteiger partial charge is 0.395 e. The summed E-state index contributed by atoms with van der Waals surface area (Å²) in [7, 11) is 5.78. The summed E-state index contributed by atoms with van der Waals surface area (Å²) in [5.41, 5.74) is 14.4. The fourth-order valence-electron chi connectivity index (χ4n) is 6.73. The summed E-state index contributed by atoms with van der Waals surface area (Å²) < 4.78 is 16.2. The molecule has 3 saturated heterocycles. The lowest BCUT2D eigenvalue weighted by Crippen LogP contribution is -2.23. The zero-order valence-electron chi connectivity index (χ0n) is 33.8. The summed E-state index contributed by atoms with van der Waals surface area (Å²) in [6.45, 7) is 12.9. The van der Waals surface area contributed by atoms with E-state index in [9.17, 15) is 5.11 Å². The van der Waals surface area contributed by atoms with Gasteiger partial charge in [-0.1, -0.05) is 18.2 Å². The van der Waals surface area contributed by atoms with Crippen LogP contribution >= 0.6 is 0 Å². The molecule has 308 valence electrons. The van der Waals surface area contributed by atoms with Gasteiger partial charge in [-0.15, -0.1) is 0 Å². The number of nitrogens with one attached hydrogen (secondary N) is 1. The number of anilines is 1. The number of aliphatic hydroxyl groups is 4. The molecule has 7 N–H and O–H groups in total. The third-order valence-electron chi connectivity index (χ3n) is 9.75. The average Bonchev–Trinajstić information content (AvgIpc) is 3.99. The number of ether oxygens (including phenoxy) is 3. The highest BCUT2D eigenvalue weighted by Gasteiger charge is 2.24. The first-order valence-electron chi connectivity index (χ1n) is 19.5. The van der Waals surface area contributed by atoms with Crippen LogP contribution in [0.15, 0.2) is 36.4 Å². The zero-order valence-corrected chi connectivity index (χ0v) is 33.8. The van der Waals surface area contributed by atoms with Crippen molar-refractivity contribution in [3.63, 3.8) is 0 Å². The number of nitrogens with two attached hydrogens (primary N) is 1. The maximum atomic E-state index is 9.20. The molecule has 0 aromatic carbocycles. The van der Waals surface area contributed by atoms with Crippen LogP contribution in [-0.2, 0) is 33.9 Å². The molecule has 3 atom stereocenters. The molecule has 3 aliphatic rings. The highest BCUT2D eigenvalue weighted by Crippen LogP contribution is 2.30. The van der Waals surface area contributed by atoms with Crippen molar-refractivity contribution in [1.29, 1.82) is 0 Å². The van der Waals surface area contributed by atoms with E-state index in [2.05, 4.69) is 49.4 Å². The highest BCUT2D eigenvalue weighted by atomic mass is 16.5. The Morgan fingerprint density at radius 3 is 1.42 bits per heavy atom. The fraction of sp³-hybridized carbons (Fsp3) is 0.634. The number of rotatable bonds is 14. The minimum atomic E-state index is 0.0213. The van der Waals surface area contributed by atoms with Crippen LogP contribution in [0.4, 0.5) is 5.82 Å². The van der Waals surface area contributed by atoms with E-state index in [-0.39, 0.29) is 26.4 Å². The van der Waals surface area contributed by atoms with E-state index >= 15 is 0 Å². The van der Waals surface area contributed by atoms with Gasteiger partial charge >= 0.3 is 0 Å². The van der Waals surface area contributed by atoms with E-state index in [1.54, 1.807) is 7.05 Å². The van der Waals surface area contributed by atoms with Crippen molar-refractivity contribution in [3.8, 4) is 0 Å². The van der Waals surface area contributed by atoms with Crippen LogP contribution in [0.2, 0.25) is 0 Å². The second kappa shape index (κ2) is 25.9. The van der Waals surface area contributed by atoms with Crippen LogP contribution in [0, 0.1) is 13.8 Å². The Morgan fingerprint density at radius 1 is 0.636 bits per heavy atom. The normalized spacial score (nSPS) is 19.1. The molecule has 0 amide bonds. The Balaban J connectivity index is 0.000000210. The molecule has 3 aromatic rings. The quantitative estimate of drug-likeness (QED) is 0.140. The lowest BCUT2D eigenvalue weighted by molar-refractivity contribution is 0.193. The van der Waals surface area contributed by atoms with Gasteiger partial charge in [-0.2, -0.15) is 0 Å². The van der Waals surface area contributed by atoms with Crippen LogP contribution in [0.1, 0.15) is 82.2 Å². The van der Waals surface area contributed by atoms with Gasteiger partial charge in [0.15, 0.2) is 0 Å². The minimum absolute atomic E-state index is 0.0213. The molecule has 3 aromatic heterocycles. The van der Waals surface area contributed by atoms with Crippen molar-refractivity contribution < 1.29 is 34.6 Å². The van der Waals surface area contributed by atoms with Gasteiger partial charge in [0.1, 0.15) is 5.82 Å². The van der Waals surface area contributed by atoms with Crippen molar-refractivity contribution in [2.24, 2.45) is 0 Å². The van der Waals surface area contributed by atoms with E-state index in [0.717, 1.165) is 99.5 Å². The summed E-state index contributed by atoms with van der Waals surface area (Å²) in [6.07, 6.45) is 3.17. The minimum Gasteiger partial charge on any atom is -0.395 e. The number of pyridine rings is 3. The van der Waals surface area contributed by atoms with Gasteiger partial charge in [0, 0.05) is 81.7 Å².